The van der Waals surface area contributed by atoms with E-state index in [1.54, 1.807) is 19.2 Å². The summed E-state index contributed by atoms with van der Waals surface area (Å²) in [5, 5.41) is 12.4. The lowest BCUT2D eigenvalue weighted by Gasteiger charge is -2.22. The summed E-state index contributed by atoms with van der Waals surface area (Å²) < 4.78 is 24.4. The van der Waals surface area contributed by atoms with E-state index in [2.05, 4.69) is 10.3 Å². The molecule has 2 aromatic carbocycles. The molecule has 2 N–H and O–H groups in total. The van der Waals surface area contributed by atoms with Gasteiger partial charge in [-0.3, -0.25) is 0 Å². The number of guanidine groups is 1. The zero-order valence-corrected chi connectivity index (χ0v) is 19.4. The average Bonchev–Trinajstić information content (AvgIpc) is 2.72. The number of rotatable bonds is 9. The van der Waals surface area contributed by atoms with Crippen LogP contribution in [0.4, 0.5) is 4.39 Å². The summed E-state index contributed by atoms with van der Waals surface area (Å²) in [6.45, 7) is 3.93. The standard InChI is InChI=1S/C21H28FN3O3.HI/c1-4-23-21(24-14-16-5-10-20(22)17(13-16)15-26)25(2)11-12-28-19-8-6-18(27-3)7-9-19;/h5-10,13,26H,4,11-12,14-15H2,1-3H3,(H,23,24);1H. The Labute approximate surface area is 188 Å². The Hall–Kier alpha value is -2.07. The van der Waals surface area contributed by atoms with Crippen molar-refractivity contribution in [2.45, 2.75) is 20.1 Å². The van der Waals surface area contributed by atoms with Gasteiger partial charge in [0.1, 0.15) is 23.9 Å². The number of aliphatic hydroxyl groups is 1. The maximum absolute atomic E-state index is 13.5. The largest absolute Gasteiger partial charge is 0.497 e. The van der Waals surface area contributed by atoms with Crippen LogP contribution < -0.4 is 14.8 Å². The van der Waals surface area contributed by atoms with Crippen LogP contribution in [0.2, 0.25) is 0 Å². The van der Waals surface area contributed by atoms with Crippen LogP contribution in [0.5, 0.6) is 11.5 Å². The molecular weight excluding hydrogens is 488 g/mol. The van der Waals surface area contributed by atoms with Crippen molar-refractivity contribution < 1.29 is 19.0 Å². The highest BCUT2D eigenvalue weighted by atomic mass is 127. The molecule has 2 rings (SSSR count). The van der Waals surface area contributed by atoms with Gasteiger partial charge in [0.2, 0.25) is 0 Å². The van der Waals surface area contributed by atoms with Gasteiger partial charge in [0, 0.05) is 19.2 Å². The molecule has 29 heavy (non-hydrogen) atoms. The zero-order valence-electron chi connectivity index (χ0n) is 17.0. The molecule has 160 valence electrons. The molecule has 0 atom stereocenters. The Bertz CT molecular complexity index is 772. The number of nitrogens with zero attached hydrogens (tertiary/aromatic N) is 2. The van der Waals surface area contributed by atoms with Crippen LogP contribution in [0.1, 0.15) is 18.1 Å². The Morgan fingerprint density at radius 1 is 1.17 bits per heavy atom. The predicted octanol–water partition coefficient (Wildman–Crippen LogP) is 3.42. The summed E-state index contributed by atoms with van der Waals surface area (Å²) >= 11 is 0. The van der Waals surface area contributed by atoms with Gasteiger partial charge in [-0.2, -0.15) is 0 Å². The van der Waals surface area contributed by atoms with Crippen molar-refractivity contribution in [1.29, 1.82) is 0 Å². The number of nitrogens with one attached hydrogen (secondary N) is 1. The Morgan fingerprint density at radius 2 is 1.86 bits per heavy atom. The van der Waals surface area contributed by atoms with E-state index in [1.165, 1.54) is 6.07 Å². The van der Waals surface area contributed by atoms with Gasteiger partial charge in [0.05, 0.1) is 26.8 Å². The Morgan fingerprint density at radius 3 is 2.48 bits per heavy atom. The fourth-order valence-electron chi connectivity index (χ4n) is 2.56. The molecule has 0 fully saturated rings. The summed E-state index contributed by atoms with van der Waals surface area (Å²) in [6, 6.07) is 12.1. The fraction of sp³-hybridized carbons (Fsp3) is 0.381. The summed E-state index contributed by atoms with van der Waals surface area (Å²) in [6.07, 6.45) is 0. The third-order valence-electron chi connectivity index (χ3n) is 4.14. The second kappa shape index (κ2) is 13.2. The quantitative estimate of drug-likeness (QED) is 0.303. The van der Waals surface area contributed by atoms with E-state index < -0.39 is 5.82 Å². The van der Waals surface area contributed by atoms with E-state index in [4.69, 9.17) is 9.47 Å². The second-order valence-electron chi connectivity index (χ2n) is 6.20. The lowest BCUT2D eigenvalue weighted by Crippen LogP contribution is -2.40. The maximum Gasteiger partial charge on any atom is 0.194 e. The van der Waals surface area contributed by atoms with Gasteiger partial charge in [-0.05, 0) is 48.9 Å². The van der Waals surface area contributed by atoms with Crippen LogP contribution in [0, 0.1) is 5.82 Å². The third kappa shape index (κ3) is 8.06. The van der Waals surface area contributed by atoms with Gasteiger partial charge < -0.3 is 24.8 Å². The zero-order chi connectivity index (χ0) is 20.4. The van der Waals surface area contributed by atoms with Crippen molar-refractivity contribution in [3.05, 3.63) is 59.4 Å². The van der Waals surface area contributed by atoms with E-state index >= 15 is 0 Å². The van der Waals surface area contributed by atoms with Crippen LogP contribution >= 0.6 is 24.0 Å². The Balaban J connectivity index is 0.00000420. The normalized spacial score (nSPS) is 10.9. The number of hydrogen-bond donors (Lipinski definition) is 2. The number of benzene rings is 2. The molecule has 0 heterocycles. The number of halogens is 2. The van der Waals surface area contributed by atoms with Crippen molar-refractivity contribution in [3.8, 4) is 11.5 Å². The highest BCUT2D eigenvalue weighted by molar-refractivity contribution is 14.0. The smallest absolute Gasteiger partial charge is 0.194 e. The summed E-state index contributed by atoms with van der Waals surface area (Å²) in [5.74, 6) is 1.89. The van der Waals surface area contributed by atoms with Gasteiger partial charge in [-0.15, -0.1) is 24.0 Å². The lowest BCUT2D eigenvalue weighted by atomic mass is 10.1. The number of aliphatic imine (C=N–C) groups is 1. The van der Waals surface area contributed by atoms with E-state index in [1.807, 2.05) is 43.1 Å². The molecule has 0 unspecified atom stereocenters. The summed E-state index contributed by atoms with van der Waals surface area (Å²) in [7, 11) is 3.56. The topological polar surface area (TPSA) is 66.3 Å². The number of methoxy groups -OCH3 is 1. The van der Waals surface area contributed by atoms with E-state index in [0.29, 0.717) is 19.7 Å². The van der Waals surface area contributed by atoms with Gasteiger partial charge in [-0.1, -0.05) is 6.07 Å². The molecule has 0 radical (unpaired) electrons. The highest BCUT2D eigenvalue weighted by Gasteiger charge is 2.07. The number of hydrogen-bond acceptors (Lipinski definition) is 4. The number of ether oxygens (including phenoxy) is 2. The first-order valence-corrected chi connectivity index (χ1v) is 9.21. The van der Waals surface area contributed by atoms with E-state index in [0.717, 1.165) is 29.6 Å². The van der Waals surface area contributed by atoms with Gasteiger partial charge in [0.15, 0.2) is 5.96 Å². The summed E-state index contributed by atoms with van der Waals surface area (Å²) in [5.41, 5.74) is 1.11. The minimum absolute atomic E-state index is 0. The van der Waals surface area contributed by atoms with Crippen LogP contribution in [-0.4, -0.2) is 49.8 Å². The SMILES string of the molecule is CCNC(=NCc1ccc(F)c(CO)c1)N(C)CCOc1ccc(OC)cc1.I. The molecular formula is C21H29FIN3O3. The first-order chi connectivity index (χ1) is 13.6. The molecule has 0 aliphatic carbocycles. The van der Waals surface area contributed by atoms with Gasteiger partial charge in [-0.25, -0.2) is 9.38 Å². The van der Waals surface area contributed by atoms with Crippen molar-refractivity contribution in [2.24, 2.45) is 4.99 Å². The molecule has 0 saturated carbocycles. The number of likely N-dealkylation sites (N-methyl/N-ethyl adjacent to an activating group) is 1. The van der Waals surface area contributed by atoms with Crippen LogP contribution in [-0.2, 0) is 13.2 Å². The minimum Gasteiger partial charge on any atom is -0.497 e. The first kappa shape index (κ1) is 25.0. The molecule has 8 heteroatoms. The molecule has 0 aliphatic rings. The highest BCUT2D eigenvalue weighted by Crippen LogP contribution is 2.17. The fourth-order valence-corrected chi connectivity index (χ4v) is 2.56. The first-order valence-electron chi connectivity index (χ1n) is 9.21. The van der Waals surface area contributed by atoms with Crippen LogP contribution in [0.15, 0.2) is 47.5 Å². The molecule has 0 aromatic heterocycles. The van der Waals surface area contributed by atoms with E-state index in [-0.39, 0.29) is 36.1 Å². The molecule has 0 spiro atoms. The van der Waals surface area contributed by atoms with Crippen LogP contribution in [0.3, 0.4) is 0 Å². The average molecular weight is 517 g/mol. The Kier molecular flexibility index (Phi) is 11.4. The lowest BCUT2D eigenvalue weighted by molar-refractivity contribution is 0.275. The van der Waals surface area contributed by atoms with E-state index in [9.17, 15) is 9.50 Å². The van der Waals surface area contributed by atoms with Gasteiger partial charge >= 0.3 is 0 Å². The minimum atomic E-state index is -0.407. The van der Waals surface area contributed by atoms with Crippen molar-refractivity contribution in [1.82, 2.24) is 10.2 Å². The van der Waals surface area contributed by atoms with Gasteiger partial charge in [0.25, 0.3) is 0 Å². The number of aliphatic hydroxyl groups excluding tert-OH is 1. The second-order valence-corrected chi connectivity index (χ2v) is 6.20. The summed E-state index contributed by atoms with van der Waals surface area (Å²) in [4.78, 5) is 6.57. The third-order valence-corrected chi connectivity index (χ3v) is 4.14. The predicted molar refractivity (Wildman–Crippen MR) is 124 cm³/mol. The van der Waals surface area contributed by atoms with Crippen molar-refractivity contribution in [2.75, 3.05) is 33.9 Å². The molecule has 6 nitrogen and oxygen atoms in total. The molecule has 0 amide bonds. The monoisotopic (exact) mass is 517 g/mol. The molecule has 0 aliphatic heterocycles. The molecule has 0 bridgehead atoms. The van der Waals surface area contributed by atoms with Crippen molar-refractivity contribution >= 4 is 29.9 Å². The molecule has 2 aromatic rings. The van der Waals surface area contributed by atoms with Crippen LogP contribution in [0.25, 0.3) is 0 Å². The molecule has 0 saturated heterocycles. The maximum atomic E-state index is 13.5. The van der Waals surface area contributed by atoms with Crippen molar-refractivity contribution in [3.63, 3.8) is 0 Å².